The molecule has 2 fully saturated rings. The molecule has 0 bridgehead atoms. The molecule has 0 aromatic heterocycles. The minimum Gasteiger partial charge on any atom is -0.504 e. The lowest BCUT2D eigenvalue weighted by Crippen LogP contribution is -2.47. The topological polar surface area (TPSA) is 96.2 Å². The average Bonchev–Trinajstić information content (AvgIpc) is 3.26. The first-order valence-electron chi connectivity index (χ1n) is 12.3. The number of ether oxygens (including phenoxy) is 2. The van der Waals surface area contributed by atoms with Gasteiger partial charge in [0.2, 0.25) is 0 Å². The van der Waals surface area contributed by atoms with Gasteiger partial charge in [-0.25, -0.2) is 0 Å². The van der Waals surface area contributed by atoms with Crippen LogP contribution in [0.2, 0.25) is 0 Å². The van der Waals surface area contributed by atoms with E-state index in [9.17, 15) is 20.1 Å². The number of rotatable bonds is 10. The third kappa shape index (κ3) is 6.38. The van der Waals surface area contributed by atoms with Gasteiger partial charge >= 0.3 is 5.97 Å². The van der Waals surface area contributed by atoms with Crippen LogP contribution in [0.5, 0.6) is 11.5 Å². The number of phenols is 1. The Kier molecular flexibility index (Phi) is 8.83. The molecule has 1 aromatic carbocycles. The highest BCUT2D eigenvalue weighted by Crippen LogP contribution is 2.42. The van der Waals surface area contributed by atoms with E-state index in [2.05, 4.69) is 6.92 Å². The molecular weight excluding hydrogens is 408 g/mol. The van der Waals surface area contributed by atoms with Crippen LogP contribution in [-0.4, -0.2) is 45.7 Å². The van der Waals surface area contributed by atoms with E-state index in [1.54, 1.807) is 6.07 Å². The van der Waals surface area contributed by atoms with E-state index in [4.69, 9.17) is 9.47 Å². The van der Waals surface area contributed by atoms with Gasteiger partial charge in [-0.05, 0) is 87.3 Å². The van der Waals surface area contributed by atoms with Gasteiger partial charge in [-0.2, -0.15) is 0 Å². The highest BCUT2D eigenvalue weighted by atomic mass is 16.6. The van der Waals surface area contributed by atoms with Crippen LogP contribution in [-0.2, 0) is 16.0 Å². The van der Waals surface area contributed by atoms with Crippen LogP contribution in [0.1, 0.15) is 83.6 Å². The zero-order chi connectivity index (χ0) is 23.1. The van der Waals surface area contributed by atoms with Crippen molar-refractivity contribution in [2.24, 2.45) is 11.8 Å². The van der Waals surface area contributed by atoms with Gasteiger partial charge in [0.1, 0.15) is 5.60 Å². The number of aliphatic hydroxyl groups is 2. The lowest BCUT2D eigenvalue weighted by atomic mass is 9.69. The van der Waals surface area contributed by atoms with Gasteiger partial charge in [0, 0.05) is 20.0 Å². The summed E-state index contributed by atoms with van der Waals surface area (Å²) in [4.78, 5) is 11.9. The Bertz CT molecular complexity index is 744. The molecule has 32 heavy (non-hydrogen) atoms. The molecule has 0 aliphatic heterocycles. The first kappa shape index (κ1) is 24.8. The quantitative estimate of drug-likeness (QED) is 0.456. The Morgan fingerprint density at radius 2 is 2.00 bits per heavy atom. The number of hydrogen-bond acceptors (Lipinski definition) is 6. The molecule has 0 saturated heterocycles. The lowest BCUT2D eigenvalue weighted by molar-refractivity contribution is -0.170. The smallest absolute Gasteiger partial charge is 0.303 e. The van der Waals surface area contributed by atoms with Gasteiger partial charge in [0.25, 0.3) is 0 Å². The molecule has 1 aromatic rings. The molecule has 0 spiro atoms. The van der Waals surface area contributed by atoms with E-state index in [0.717, 1.165) is 50.5 Å². The molecule has 180 valence electrons. The number of benzene rings is 1. The second-order valence-corrected chi connectivity index (χ2v) is 9.81. The van der Waals surface area contributed by atoms with Gasteiger partial charge in [-0.15, -0.1) is 0 Å². The van der Waals surface area contributed by atoms with E-state index in [0.29, 0.717) is 31.4 Å². The van der Waals surface area contributed by atoms with Gasteiger partial charge in [-0.1, -0.05) is 19.4 Å². The van der Waals surface area contributed by atoms with Crippen molar-refractivity contribution < 1.29 is 29.6 Å². The number of carbonyl (C=O) groups excluding carboxylic acids is 1. The Labute approximate surface area is 191 Å². The minimum absolute atomic E-state index is 0.0312. The Morgan fingerprint density at radius 1 is 1.25 bits per heavy atom. The monoisotopic (exact) mass is 448 g/mol. The lowest BCUT2D eigenvalue weighted by Gasteiger charge is -2.44. The summed E-state index contributed by atoms with van der Waals surface area (Å²) in [6.45, 7) is 3.58. The summed E-state index contributed by atoms with van der Waals surface area (Å²) in [6, 6.07) is 5.43. The van der Waals surface area contributed by atoms with Crippen molar-refractivity contribution in [3.05, 3.63) is 23.8 Å². The molecule has 0 unspecified atom stereocenters. The fourth-order valence-electron chi connectivity index (χ4n) is 5.66. The molecule has 3 N–H and O–H groups in total. The van der Waals surface area contributed by atoms with Crippen molar-refractivity contribution >= 4 is 5.97 Å². The Balaban J connectivity index is 1.68. The third-order valence-corrected chi connectivity index (χ3v) is 7.36. The SMILES string of the molecule is CCC[C@H](CO)[C@H]1CC[C@](CCc2ccc(O)c(OC3CCCC3)c2)(OC(C)=O)C[C@H]1O. The number of phenolic OH excluding ortho intramolecular Hbond substituents is 1. The van der Waals surface area contributed by atoms with E-state index in [1.807, 2.05) is 12.1 Å². The summed E-state index contributed by atoms with van der Waals surface area (Å²) in [5.41, 5.74) is 0.302. The highest BCUT2D eigenvalue weighted by Gasteiger charge is 2.44. The van der Waals surface area contributed by atoms with Crippen LogP contribution in [0.4, 0.5) is 0 Å². The van der Waals surface area contributed by atoms with E-state index >= 15 is 0 Å². The van der Waals surface area contributed by atoms with Crippen LogP contribution in [0, 0.1) is 11.8 Å². The number of aromatic hydroxyl groups is 1. The first-order valence-corrected chi connectivity index (χ1v) is 12.3. The molecule has 6 nitrogen and oxygen atoms in total. The number of carbonyl (C=O) groups is 1. The molecule has 2 aliphatic carbocycles. The maximum atomic E-state index is 11.9. The van der Waals surface area contributed by atoms with Crippen molar-refractivity contribution in [2.45, 2.75) is 102 Å². The van der Waals surface area contributed by atoms with Crippen LogP contribution >= 0.6 is 0 Å². The molecule has 6 heteroatoms. The maximum Gasteiger partial charge on any atom is 0.303 e. The molecule has 4 atom stereocenters. The summed E-state index contributed by atoms with van der Waals surface area (Å²) in [5, 5.41) is 30.9. The van der Waals surface area contributed by atoms with Crippen LogP contribution in [0.3, 0.4) is 0 Å². The fourth-order valence-corrected chi connectivity index (χ4v) is 5.66. The number of aliphatic hydroxyl groups excluding tert-OH is 2. The predicted molar refractivity (Wildman–Crippen MR) is 123 cm³/mol. The maximum absolute atomic E-state index is 11.9. The van der Waals surface area contributed by atoms with Crippen molar-refractivity contribution in [2.75, 3.05) is 6.61 Å². The zero-order valence-corrected chi connectivity index (χ0v) is 19.6. The Hall–Kier alpha value is -1.79. The molecule has 2 saturated carbocycles. The van der Waals surface area contributed by atoms with E-state index < -0.39 is 11.7 Å². The second-order valence-electron chi connectivity index (χ2n) is 9.81. The summed E-state index contributed by atoms with van der Waals surface area (Å²) in [7, 11) is 0. The molecule has 0 radical (unpaired) electrons. The third-order valence-electron chi connectivity index (χ3n) is 7.36. The van der Waals surface area contributed by atoms with Crippen molar-refractivity contribution in [3.8, 4) is 11.5 Å². The molecule has 0 heterocycles. The van der Waals surface area contributed by atoms with Crippen molar-refractivity contribution in [1.82, 2.24) is 0 Å². The van der Waals surface area contributed by atoms with Crippen LogP contribution in [0.15, 0.2) is 18.2 Å². The number of hydrogen-bond donors (Lipinski definition) is 3. The highest BCUT2D eigenvalue weighted by molar-refractivity contribution is 5.66. The zero-order valence-electron chi connectivity index (χ0n) is 19.6. The van der Waals surface area contributed by atoms with Crippen LogP contribution in [0.25, 0.3) is 0 Å². The normalized spacial score (nSPS) is 27.2. The standard InChI is InChI=1S/C26H40O6/c1-3-6-20(17-27)22-12-14-26(16-24(22)30,32-18(2)28)13-11-19-9-10-23(29)25(15-19)31-21-7-4-5-8-21/h9-10,15,20-22,24,27,29-30H,3-8,11-14,16-17H2,1-2H3/t20-,22-,24-,26+/m1/s1. The molecule has 2 aliphatic rings. The fraction of sp³-hybridized carbons (Fsp3) is 0.731. The van der Waals surface area contributed by atoms with Gasteiger partial charge in [0.15, 0.2) is 11.5 Å². The summed E-state index contributed by atoms with van der Waals surface area (Å²) in [6.07, 6.45) is 8.83. The van der Waals surface area contributed by atoms with E-state index in [-0.39, 0.29) is 36.3 Å². The molecule has 3 rings (SSSR count). The first-order chi connectivity index (χ1) is 15.4. The van der Waals surface area contributed by atoms with Crippen molar-refractivity contribution in [3.63, 3.8) is 0 Å². The van der Waals surface area contributed by atoms with Gasteiger partial charge < -0.3 is 24.8 Å². The summed E-state index contributed by atoms with van der Waals surface area (Å²) in [5.74, 6) is 0.447. The van der Waals surface area contributed by atoms with Crippen LogP contribution < -0.4 is 4.74 Å². The predicted octanol–water partition coefficient (Wildman–Crippen LogP) is 4.52. The average molecular weight is 449 g/mol. The van der Waals surface area contributed by atoms with E-state index in [1.165, 1.54) is 6.92 Å². The largest absolute Gasteiger partial charge is 0.504 e. The summed E-state index contributed by atoms with van der Waals surface area (Å²) >= 11 is 0. The minimum atomic E-state index is -0.710. The number of esters is 1. The second kappa shape index (κ2) is 11.4. The molecule has 0 amide bonds. The number of aryl methyl sites for hydroxylation is 1. The van der Waals surface area contributed by atoms with Crippen molar-refractivity contribution in [1.29, 1.82) is 0 Å². The van der Waals surface area contributed by atoms with Gasteiger partial charge in [-0.3, -0.25) is 4.79 Å². The summed E-state index contributed by atoms with van der Waals surface area (Å²) < 4.78 is 11.8. The molecular formula is C26H40O6. The Morgan fingerprint density at radius 3 is 2.62 bits per heavy atom. The van der Waals surface area contributed by atoms with Gasteiger partial charge in [0.05, 0.1) is 12.2 Å².